The molecule has 1 heterocycles. The summed E-state index contributed by atoms with van der Waals surface area (Å²) in [6, 6.07) is 5.40. The molecule has 19 heavy (non-hydrogen) atoms. The Morgan fingerprint density at radius 3 is 2.58 bits per heavy atom. The smallest absolute Gasteiger partial charge is 0.374 e. The van der Waals surface area contributed by atoms with E-state index in [-0.39, 0.29) is 0 Å². The van der Waals surface area contributed by atoms with Gasteiger partial charge < -0.3 is 5.73 Å². The molecule has 0 saturated carbocycles. The van der Waals surface area contributed by atoms with Gasteiger partial charge in [0.2, 0.25) is 5.13 Å². The molecule has 0 spiro atoms. The topological polar surface area (TPSA) is 51.8 Å². The fourth-order valence-electron chi connectivity index (χ4n) is 1.71. The third-order valence-electron chi connectivity index (χ3n) is 2.59. The number of hydrogen-bond donors (Lipinski definition) is 1. The minimum absolute atomic E-state index is 0.411. The van der Waals surface area contributed by atoms with Crippen molar-refractivity contribution in [3.05, 3.63) is 40.4 Å². The Bertz CT molecular complexity index is 551. The number of aromatic nitrogens is 2. The van der Waals surface area contributed by atoms with Crippen LogP contribution in [0.1, 0.15) is 22.6 Å². The minimum Gasteiger partial charge on any atom is -0.374 e. The van der Waals surface area contributed by atoms with Crippen LogP contribution in [0.25, 0.3) is 0 Å². The summed E-state index contributed by atoms with van der Waals surface area (Å²) in [5.41, 5.74) is 5.52. The van der Waals surface area contributed by atoms with Gasteiger partial charge in [0.05, 0.1) is 5.56 Å². The molecule has 1 aromatic carbocycles. The van der Waals surface area contributed by atoms with Crippen molar-refractivity contribution in [1.29, 1.82) is 0 Å². The molecule has 0 saturated heterocycles. The number of nitrogen functional groups attached to an aromatic ring is 1. The third kappa shape index (κ3) is 3.92. The summed E-state index contributed by atoms with van der Waals surface area (Å²) in [5.74, 6) is 0. The first kappa shape index (κ1) is 13.8. The molecular weight excluding hydrogens is 275 g/mol. The van der Waals surface area contributed by atoms with Crippen LogP contribution in [0.3, 0.4) is 0 Å². The number of hydrogen-bond acceptors (Lipinski definition) is 4. The lowest BCUT2D eigenvalue weighted by atomic mass is 10.1. The number of anilines is 1. The van der Waals surface area contributed by atoms with Crippen LogP contribution >= 0.6 is 11.3 Å². The van der Waals surface area contributed by atoms with E-state index < -0.39 is 11.7 Å². The molecule has 0 amide bonds. The zero-order valence-electron chi connectivity index (χ0n) is 9.94. The van der Waals surface area contributed by atoms with Crippen LogP contribution in [-0.4, -0.2) is 10.2 Å². The second-order valence-electron chi connectivity index (χ2n) is 4.09. The fourth-order valence-corrected chi connectivity index (χ4v) is 2.37. The van der Waals surface area contributed by atoms with Crippen molar-refractivity contribution < 1.29 is 13.2 Å². The predicted molar refractivity (Wildman–Crippen MR) is 67.8 cm³/mol. The van der Waals surface area contributed by atoms with Crippen molar-refractivity contribution >= 4 is 16.5 Å². The molecule has 0 unspecified atom stereocenters. The van der Waals surface area contributed by atoms with Crippen LogP contribution < -0.4 is 5.73 Å². The Morgan fingerprint density at radius 2 is 1.95 bits per heavy atom. The SMILES string of the molecule is Nc1nnc(CCCc2cccc(C(F)(F)F)c2)s1. The van der Waals surface area contributed by atoms with Crippen LogP contribution in [0.5, 0.6) is 0 Å². The molecule has 1 aromatic heterocycles. The molecular formula is C12H12F3N3S. The molecule has 102 valence electrons. The molecule has 7 heteroatoms. The summed E-state index contributed by atoms with van der Waals surface area (Å²) < 4.78 is 37.6. The lowest BCUT2D eigenvalue weighted by Gasteiger charge is -2.08. The number of nitrogens with two attached hydrogens (primary N) is 1. The second-order valence-corrected chi connectivity index (χ2v) is 5.18. The normalized spacial score (nSPS) is 11.7. The number of nitrogens with zero attached hydrogens (tertiary/aromatic N) is 2. The lowest BCUT2D eigenvalue weighted by molar-refractivity contribution is -0.137. The van der Waals surface area contributed by atoms with E-state index in [1.54, 1.807) is 6.07 Å². The highest BCUT2D eigenvalue weighted by Crippen LogP contribution is 2.29. The summed E-state index contributed by atoms with van der Waals surface area (Å²) in [4.78, 5) is 0. The molecule has 2 rings (SSSR count). The summed E-state index contributed by atoms with van der Waals surface area (Å²) in [5, 5.41) is 8.77. The monoisotopic (exact) mass is 287 g/mol. The molecule has 0 bridgehead atoms. The van der Waals surface area contributed by atoms with E-state index in [0.29, 0.717) is 23.5 Å². The van der Waals surface area contributed by atoms with Gasteiger partial charge in [0.15, 0.2) is 0 Å². The highest BCUT2D eigenvalue weighted by molar-refractivity contribution is 7.15. The van der Waals surface area contributed by atoms with Gasteiger partial charge in [0, 0.05) is 6.42 Å². The Morgan fingerprint density at radius 1 is 1.16 bits per heavy atom. The van der Waals surface area contributed by atoms with Gasteiger partial charge in [0.25, 0.3) is 0 Å². The molecule has 2 N–H and O–H groups in total. The van der Waals surface area contributed by atoms with Gasteiger partial charge in [-0.05, 0) is 24.5 Å². The maximum atomic E-state index is 12.5. The van der Waals surface area contributed by atoms with Crippen molar-refractivity contribution in [2.24, 2.45) is 0 Å². The van der Waals surface area contributed by atoms with E-state index in [4.69, 9.17) is 5.73 Å². The average Bonchev–Trinajstić information content (AvgIpc) is 2.74. The van der Waals surface area contributed by atoms with E-state index in [1.165, 1.54) is 23.5 Å². The van der Waals surface area contributed by atoms with Crippen LogP contribution in [0.15, 0.2) is 24.3 Å². The fraction of sp³-hybridized carbons (Fsp3) is 0.333. The summed E-state index contributed by atoms with van der Waals surface area (Å²) in [7, 11) is 0. The van der Waals surface area contributed by atoms with Gasteiger partial charge in [-0.2, -0.15) is 13.2 Å². The highest BCUT2D eigenvalue weighted by Gasteiger charge is 2.30. The Hall–Kier alpha value is -1.63. The average molecular weight is 287 g/mol. The van der Waals surface area contributed by atoms with Crippen LogP contribution in [0.2, 0.25) is 0 Å². The molecule has 2 aromatic rings. The van der Waals surface area contributed by atoms with Crippen molar-refractivity contribution in [3.63, 3.8) is 0 Å². The summed E-state index contributed by atoms with van der Waals surface area (Å²) in [6.45, 7) is 0. The summed E-state index contributed by atoms with van der Waals surface area (Å²) in [6.07, 6.45) is -2.33. The number of alkyl halides is 3. The molecule has 0 atom stereocenters. The van der Waals surface area contributed by atoms with Crippen molar-refractivity contribution in [2.45, 2.75) is 25.4 Å². The van der Waals surface area contributed by atoms with Crippen LogP contribution in [0, 0.1) is 0 Å². The second kappa shape index (κ2) is 5.56. The minimum atomic E-state index is -4.29. The Labute approximate surface area is 112 Å². The third-order valence-corrected chi connectivity index (χ3v) is 3.41. The number of benzene rings is 1. The van der Waals surface area contributed by atoms with E-state index in [2.05, 4.69) is 10.2 Å². The number of rotatable bonds is 4. The highest BCUT2D eigenvalue weighted by atomic mass is 32.1. The van der Waals surface area contributed by atoms with Gasteiger partial charge in [-0.15, -0.1) is 10.2 Å². The zero-order valence-corrected chi connectivity index (χ0v) is 10.8. The number of aryl methyl sites for hydroxylation is 2. The van der Waals surface area contributed by atoms with Gasteiger partial charge in [-0.1, -0.05) is 29.5 Å². The van der Waals surface area contributed by atoms with E-state index in [1.807, 2.05) is 0 Å². The van der Waals surface area contributed by atoms with Gasteiger partial charge in [-0.25, -0.2) is 0 Å². The first-order valence-electron chi connectivity index (χ1n) is 5.69. The van der Waals surface area contributed by atoms with Crippen molar-refractivity contribution in [2.75, 3.05) is 5.73 Å². The molecule has 0 radical (unpaired) electrons. The molecule has 0 aliphatic rings. The Kier molecular flexibility index (Phi) is 4.04. The van der Waals surface area contributed by atoms with Crippen LogP contribution in [-0.2, 0) is 19.0 Å². The maximum absolute atomic E-state index is 12.5. The molecule has 0 aliphatic carbocycles. The zero-order chi connectivity index (χ0) is 13.9. The van der Waals surface area contributed by atoms with Crippen molar-refractivity contribution in [1.82, 2.24) is 10.2 Å². The first-order chi connectivity index (χ1) is 8.95. The van der Waals surface area contributed by atoms with Gasteiger partial charge >= 0.3 is 6.18 Å². The van der Waals surface area contributed by atoms with Gasteiger partial charge in [0.1, 0.15) is 5.01 Å². The van der Waals surface area contributed by atoms with E-state index in [9.17, 15) is 13.2 Å². The number of halogens is 3. The molecule has 3 nitrogen and oxygen atoms in total. The summed E-state index contributed by atoms with van der Waals surface area (Å²) >= 11 is 1.31. The Balaban J connectivity index is 1.93. The van der Waals surface area contributed by atoms with Crippen molar-refractivity contribution in [3.8, 4) is 0 Å². The van der Waals surface area contributed by atoms with E-state index in [0.717, 1.165) is 17.5 Å². The van der Waals surface area contributed by atoms with Crippen LogP contribution in [0.4, 0.5) is 18.3 Å². The molecule has 0 fully saturated rings. The molecule has 0 aliphatic heterocycles. The van der Waals surface area contributed by atoms with Gasteiger partial charge in [-0.3, -0.25) is 0 Å². The standard InChI is InChI=1S/C12H12F3N3S/c13-12(14,15)9-5-1-3-8(7-9)4-2-6-10-17-18-11(16)19-10/h1,3,5,7H,2,4,6H2,(H2,16,18). The maximum Gasteiger partial charge on any atom is 0.416 e. The quantitative estimate of drug-likeness (QED) is 0.938. The predicted octanol–water partition coefficient (Wildman–Crippen LogP) is 3.31. The first-order valence-corrected chi connectivity index (χ1v) is 6.51. The van der Waals surface area contributed by atoms with E-state index >= 15 is 0 Å². The lowest BCUT2D eigenvalue weighted by Crippen LogP contribution is -2.05. The largest absolute Gasteiger partial charge is 0.416 e.